The molecule has 0 atom stereocenters. The van der Waals surface area contributed by atoms with Crippen LogP contribution in [0.3, 0.4) is 0 Å². The summed E-state index contributed by atoms with van der Waals surface area (Å²) in [7, 11) is 0. The van der Waals surface area contributed by atoms with Crippen LogP contribution in [0.1, 0.15) is 21.6 Å². The lowest BCUT2D eigenvalue weighted by molar-refractivity contribution is 0.0955. The number of hydrogen-bond donors (Lipinski definition) is 1. The molecule has 2 heterocycles. The molecule has 5 aromatic carbocycles. The third-order valence-electron chi connectivity index (χ3n) is 8.13. The number of carbonyl (C=O) groups is 1. The molecule has 6 heteroatoms. The van der Waals surface area contributed by atoms with Gasteiger partial charge in [-0.1, -0.05) is 107 Å². The highest BCUT2D eigenvalue weighted by atomic mass is 79.9. The fourth-order valence-corrected chi connectivity index (χ4v) is 6.17. The second-order valence-corrected chi connectivity index (χ2v) is 12.1. The Hall–Kier alpha value is -5.72. The molecule has 0 unspecified atom stereocenters. The maximum Gasteiger partial charge on any atom is 0.271 e. The SMILES string of the molecule is Cc1ccc(-c2ccccc2)n1-c1ccc(C(=O)N/N=C\c2cc(-c3ccccc3)n(-c3ccc(Br)cc3)c2-c2ccccc2)cc1. The number of nitrogens with one attached hydrogen (secondary N) is 1. The predicted octanol–water partition coefficient (Wildman–Crippen LogP) is 10.1. The molecule has 0 saturated heterocycles. The lowest BCUT2D eigenvalue weighted by Crippen LogP contribution is -2.17. The summed E-state index contributed by atoms with van der Waals surface area (Å²) in [6.07, 6.45) is 1.73. The van der Waals surface area contributed by atoms with Gasteiger partial charge in [0.05, 0.1) is 23.3 Å². The zero-order valence-electron chi connectivity index (χ0n) is 25.7. The number of carbonyl (C=O) groups excluding carboxylic acids is 1. The van der Waals surface area contributed by atoms with Gasteiger partial charge in [-0.05, 0) is 90.3 Å². The molecule has 0 bridgehead atoms. The van der Waals surface area contributed by atoms with E-state index in [-0.39, 0.29) is 5.91 Å². The Kier molecular flexibility index (Phi) is 8.50. The predicted molar refractivity (Wildman–Crippen MR) is 195 cm³/mol. The van der Waals surface area contributed by atoms with E-state index in [9.17, 15) is 4.79 Å². The minimum Gasteiger partial charge on any atom is -0.314 e. The molecule has 0 aliphatic heterocycles. The number of benzene rings is 5. The third-order valence-corrected chi connectivity index (χ3v) is 8.66. The Balaban J connectivity index is 1.20. The molecule has 7 rings (SSSR count). The van der Waals surface area contributed by atoms with E-state index in [1.807, 2.05) is 91.0 Å². The van der Waals surface area contributed by atoms with Crippen LogP contribution in [0.25, 0.3) is 45.1 Å². The Morgan fingerprint density at radius 2 is 1.15 bits per heavy atom. The van der Waals surface area contributed by atoms with Gasteiger partial charge in [-0.2, -0.15) is 5.10 Å². The maximum atomic E-state index is 13.2. The van der Waals surface area contributed by atoms with Crippen LogP contribution in [0.4, 0.5) is 0 Å². The summed E-state index contributed by atoms with van der Waals surface area (Å²) >= 11 is 3.57. The molecule has 7 aromatic rings. The normalized spacial score (nSPS) is 11.2. The Labute approximate surface area is 282 Å². The van der Waals surface area contributed by atoms with Crippen LogP contribution in [-0.2, 0) is 0 Å². The highest BCUT2D eigenvalue weighted by Crippen LogP contribution is 2.36. The topological polar surface area (TPSA) is 51.3 Å². The molecule has 47 heavy (non-hydrogen) atoms. The van der Waals surface area contributed by atoms with Gasteiger partial charge in [0.15, 0.2) is 0 Å². The van der Waals surface area contributed by atoms with Crippen molar-refractivity contribution < 1.29 is 4.79 Å². The van der Waals surface area contributed by atoms with E-state index < -0.39 is 0 Å². The van der Waals surface area contributed by atoms with Crippen molar-refractivity contribution in [2.75, 3.05) is 0 Å². The van der Waals surface area contributed by atoms with Crippen LogP contribution in [0.15, 0.2) is 167 Å². The fourth-order valence-electron chi connectivity index (χ4n) is 5.90. The first-order chi connectivity index (χ1) is 23.1. The summed E-state index contributed by atoms with van der Waals surface area (Å²) in [6, 6.07) is 53.0. The van der Waals surface area contributed by atoms with Crippen LogP contribution in [0.2, 0.25) is 0 Å². The van der Waals surface area contributed by atoms with Crippen LogP contribution in [0.5, 0.6) is 0 Å². The number of hydrogen-bond acceptors (Lipinski definition) is 2. The lowest BCUT2D eigenvalue weighted by atomic mass is 10.1. The molecule has 2 aromatic heterocycles. The number of amides is 1. The van der Waals surface area contributed by atoms with E-state index >= 15 is 0 Å². The van der Waals surface area contributed by atoms with Crippen molar-refractivity contribution in [1.29, 1.82) is 0 Å². The monoisotopic (exact) mass is 674 g/mol. The number of rotatable bonds is 8. The second-order valence-electron chi connectivity index (χ2n) is 11.2. The van der Waals surface area contributed by atoms with Gasteiger partial charge in [0.25, 0.3) is 5.91 Å². The highest BCUT2D eigenvalue weighted by Gasteiger charge is 2.19. The first-order valence-corrected chi connectivity index (χ1v) is 16.2. The smallest absolute Gasteiger partial charge is 0.271 e. The zero-order chi connectivity index (χ0) is 32.2. The minimum absolute atomic E-state index is 0.280. The summed E-state index contributed by atoms with van der Waals surface area (Å²) in [6.45, 7) is 2.08. The van der Waals surface area contributed by atoms with Gasteiger partial charge in [0.2, 0.25) is 0 Å². The Bertz CT molecular complexity index is 2170. The molecular formula is C41H31BrN4O. The molecule has 0 radical (unpaired) electrons. The number of aromatic nitrogens is 2. The zero-order valence-corrected chi connectivity index (χ0v) is 27.3. The fraction of sp³-hybridized carbons (Fsp3) is 0.0244. The molecule has 5 nitrogen and oxygen atoms in total. The minimum atomic E-state index is -0.280. The van der Waals surface area contributed by atoms with Gasteiger partial charge in [0, 0.05) is 32.7 Å². The average Bonchev–Trinajstić information content (AvgIpc) is 3.70. The third kappa shape index (κ3) is 6.24. The summed E-state index contributed by atoms with van der Waals surface area (Å²) < 4.78 is 5.45. The average molecular weight is 676 g/mol. The van der Waals surface area contributed by atoms with Crippen molar-refractivity contribution in [1.82, 2.24) is 14.6 Å². The Morgan fingerprint density at radius 1 is 0.617 bits per heavy atom. The Morgan fingerprint density at radius 3 is 1.77 bits per heavy atom. The van der Waals surface area contributed by atoms with Gasteiger partial charge in [0.1, 0.15) is 0 Å². The molecule has 1 N–H and O–H groups in total. The number of halogens is 1. The van der Waals surface area contributed by atoms with Crippen molar-refractivity contribution in [2.24, 2.45) is 5.10 Å². The lowest BCUT2D eigenvalue weighted by Gasteiger charge is -2.15. The van der Waals surface area contributed by atoms with E-state index in [0.29, 0.717) is 5.56 Å². The van der Waals surface area contributed by atoms with Crippen LogP contribution < -0.4 is 5.43 Å². The first kappa shape index (κ1) is 30.0. The van der Waals surface area contributed by atoms with Gasteiger partial charge in [-0.25, -0.2) is 5.43 Å². The van der Waals surface area contributed by atoms with Gasteiger partial charge in [-0.3, -0.25) is 4.79 Å². The standard InChI is InChI=1S/C41H31BrN4O/c1-29-17-26-38(30-11-5-2-6-12-30)45(29)36-22-18-33(19-23-36)41(47)44-43-28-34-27-39(31-13-7-3-8-14-31)46(37-24-20-35(42)21-25-37)40(34)32-15-9-4-10-16-32/h2-28H,1H3,(H,44,47)/b43-28-. The van der Waals surface area contributed by atoms with Gasteiger partial charge >= 0.3 is 0 Å². The van der Waals surface area contributed by atoms with Crippen LogP contribution >= 0.6 is 15.9 Å². The van der Waals surface area contributed by atoms with Crippen molar-refractivity contribution >= 4 is 28.1 Å². The van der Waals surface area contributed by atoms with Crippen molar-refractivity contribution in [3.05, 3.63) is 179 Å². The number of nitrogens with zero attached hydrogens (tertiary/aromatic N) is 3. The molecule has 0 fully saturated rings. The number of aryl methyl sites for hydroxylation is 1. The largest absolute Gasteiger partial charge is 0.314 e. The van der Waals surface area contributed by atoms with Crippen LogP contribution in [-0.4, -0.2) is 21.3 Å². The first-order valence-electron chi connectivity index (χ1n) is 15.4. The summed E-state index contributed by atoms with van der Waals surface area (Å²) in [5.74, 6) is -0.280. The maximum absolute atomic E-state index is 13.2. The summed E-state index contributed by atoms with van der Waals surface area (Å²) in [5, 5.41) is 4.45. The van der Waals surface area contributed by atoms with E-state index in [1.165, 1.54) is 0 Å². The molecule has 0 spiro atoms. The van der Waals surface area contributed by atoms with Crippen molar-refractivity contribution in [3.63, 3.8) is 0 Å². The molecule has 228 valence electrons. The molecule has 0 aliphatic carbocycles. The van der Waals surface area contributed by atoms with Gasteiger partial charge < -0.3 is 9.13 Å². The molecule has 1 amide bonds. The number of hydrazone groups is 1. The second kappa shape index (κ2) is 13.3. The van der Waals surface area contributed by atoms with Gasteiger partial charge in [-0.15, -0.1) is 0 Å². The quantitative estimate of drug-likeness (QED) is 0.127. The summed E-state index contributed by atoms with van der Waals surface area (Å²) in [5.41, 5.74) is 13.6. The van der Waals surface area contributed by atoms with E-state index in [4.69, 9.17) is 0 Å². The van der Waals surface area contributed by atoms with Crippen LogP contribution in [0, 0.1) is 6.92 Å². The molecule has 0 aliphatic rings. The highest BCUT2D eigenvalue weighted by molar-refractivity contribution is 9.10. The van der Waals surface area contributed by atoms with E-state index in [0.717, 1.165) is 60.9 Å². The molecule has 0 saturated carbocycles. The van der Waals surface area contributed by atoms with Crippen molar-refractivity contribution in [3.8, 4) is 45.1 Å². The summed E-state index contributed by atoms with van der Waals surface area (Å²) in [4.78, 5) is 13.2. The molecular weight excluding hydrogens is 644 g/mol. The van der Waals surface area contributed by atoms with E-state index in [1.54, 1.807) is 6.21 Å². The van der Waals surface area contributed by atoms with Crippen molar-refractivity contribution in [2.45, 2.75) is 6.92 Å². The van der Waals surface area contributed by atoms with E-state index in [2.05, 4.69) is 109 Å².